The number of nitrogens with zero attached hydrogens (tertiary/aromatic N) is 6. The van der Waals surface area contributed by atoms with Gasteiger partial charge in [-0.2, -0.15) is 0 Å². The zero-order valence-corrected chi connectivity index (χ0v) is 18.9. The number of carbonyl (C=O) groups is 3. The third-order valence-corrected chi connectivity index (χ3v) is 6.70. The van der Waals surface area contributed by atoms with Crippen LogP contribution in [0.4, 0.5) is 20.6 Å². The minimum absolute atomic E-state index is 0.274. The van der Waals surface area contributed by atoms with Gasteiger partial charge >= 0.3 is 6.09 Å². The van der Waals surface area contributed by atoms with E-state index in [1.54, 1.807) is 46.7 Å². The van der Waals surface area contributed by atoms with E-state index in [9.17, 15) is 14.4 Å². The number of rotatable bonds is 6. The lowest BCUT2D eigenvalue weighted by Gasteiger charge is -2.36. The number of hydrogen-bond acceptors (Lipinski definition) is 8. The lowest BCUT2D eigenvalue weighted by Crippen LogP contribution is -2.50. The van der Waals surface area contributed by atoms with Crippen molar-refractivity contribution in [3.05, 3.63) is 58.8 Å². The number of anilines is 2. The number of carbonyl (C=O) groups excluding carboxylic acids is 3. The van der Waals surface area contributed by atoms with Crippen LogP contribution >= 0.6 is 11.3 Å². The quantitative estimate of drug-likeness (QED) is 0.390. The maximum Gasteiger partial charge on any atom is 0.414 e. The number of hydrogen-bond donors (Lipinski definition) is 0. The van der Waals surface area contributed by atoms with E-state index in [1.165, 1.54) is 27.2 Å². The second-order valence-electron chi connectivity index (χ2n) is 7.96. The van der Waals surface area contributed by atoms with Gasteiger partial charge in [0.15, 0.2) is 0 Å². The fourth-order valence-corrected chi connectivity index (χ4v) is 4.75. The van der Waals surface area contributed by atoms with E-state index in [0.717, 1.165) is 0 Å². The molecule has 176 valence electrons. The van der Waals surface area contributed by atoms with Crippen LogP contribution < -0.4 is 9.80 Å². The maximum atomic E-state index is 15.0. The number of ketones is 1. The Morgan fingerprint density at radius 3 is 2.68 bits per heavy atom. The van der Waals surface area contributed by atoms with Gasteiger partial charge < -0.3 is 14.5 Å². The summed E-state index contributed by atoms with van der Waals surface area (Å²) in [6.07, 6.45) is 2.26. The van der Waals surface area contributed by atoms with Gasteiger partial charge in [-0.25, -0.2) is 13.9 Å². The summed E-state index contributed by atoms with van der Waals surface area (Å²) in [4.78, 5) is 42.2. The maximum absolute atomic E-state index is 15.0. The summed E-state index contributed by atoms with van der Waals surface area (Å²) in [5.41, 5.74) is 0.787. The molecular formula is C22H21FN6O4S. The van der Waals surface area contributed by atoms with Gasteiger partial charge in [-0.05, 0) is 29.6 Å². The summed E-state index contributed by atoms with van der Waals surface area (Å²) in [5, 5.41) is 9.35. The molecule has 0 aliphatic carbocycles. The number of Topliss-reactive ketones (excluding diaryl/α,β-unsaturated/α-hetero) is 1. The molecule has 2 aromatic heterocycles. The zero-order valence-electron chi connectivity index (χ0n) is 18.0. The van der Waals surface area contributed by atoms with Gasteiger partial charge in [0.25, 0.3) is 11.7 Å². The molecule has 2 saturated heterocycles. The lowest BCUT2D eigenvalue weighted by atomic mass is 10.2. The smallest absolute Gasteiger partial charge is 0.414 e. The van der Waals surface area contributed by atoms with Gasteiger partial charge in [-0.1, -0.05) is 11.3 Å². The number of benzene rings is 1. The molecule has 2 amide bonds. The monoisotopic (exact) mass is 484 g/mol. The number of piperazine rings is 1. The summed E-state index contributed by atoms with van der Waals surface area (Å²) in [5.74, 6) is -1.52. The van der Waals surface area contributed by atoms with Gasteiger partial charge in [0.05, 0.1) is 35.5 Å². The van der Waals surface area contributed by atoms with Crippen molar-refractivity contribution in [2.75, 3.05) is 42.5 Å². The molecule has 2 aliphatic rings. The Bertz CT molecular complexity index is 1190. The first-order chi connectivity index (χ1) is 16.5. The van der Waals surface area contributed by atoms with E-state index in [-0.39, 0.29) is 6.54 Å². The van der Waals surface area contributed by atoms with Gasteiger partial charge in [-0.3, -0.25) is 14.5 Å². The second-order valence-corrected chi connectivity index (χ2v) is 8.91. The molecule has 4 heterocycles. The predicted octanol–water partition coefficient (Wildman–Crippen LogP) is 2.04. The highest BCUT2D eigenvalue weighted by molar-refractivity contribution is 7.13. The van der Waals surface area contributed by atoms with E-state index in [4.69, 9.17) is 4.74 Å². The molecule has 0 spiro atoms. The Hall–Kier alpha value is -3.80. The molecule has 0 bridgehead atoms. The third-order valence-electron chi connectivity index (χ3n) is 5.83. The highest BCUT2D eigenvalue weighted by atomic mass is 32.1. The van der Waals surface area contributed by atoms with Crippen LogP contribution in [0.5, 0.6) is 0 Å². The standard InChI is InChI=1S/C22H21FN6O4S/c23-17-12-15(29-14-16(33-22(29)32)13-28-6-5-24-25-28)3-4-18(17)26-7-9-27(10-8-26)21(31)20(30)19-2-1-11-34-19/h1-6,11-12,16H,7-10,13-14H2/t16-/m0/s1. The van der Waals surface area contributed by atoms with Crippen LogP contribution in [-0.4, -0.2) is 76.5 Å². The molecule has 2 fully saturated rings. The number of ether oxygens (including phenoxy) is 1. The van der Waals surface area contributed by atoms with Crippen molar-refractivity contribution in [1.29, 1.82) is 0 Å². The lowest BCUT2D eigenvalue weighted by molar-refractivity contribution is -0.126. The minimum atomic E-state index is -0.542. The first-order valence-corrected chi connectivity index (χ1v) is 11.6. The largest absolute Gasteiger partial charge is 0.442 e. The summed E-state index contributed by atoms with van der Waals surface area (Å²) < 4.78 is 22.0. The minimum Gasteiger partial charge on any atom is -0.442 e. The van der Waals surface area contributed by atoms with Crippen LogP contribution in [0.1, 0.15) is 9.67 Å². The number of cyclic esters (lactones) is 1. The van der Waals surface area contributed by atoms with Crippen molar-refractivity contribution in [1.82, 2.24) is 19.9 Å². The first kappa shape index (κ1) is 22.0. The van der Waals surface area contributed by atoms with Crippen LogP contribution in [0, 0.1) is 5.82 Å². The molecule has 3 aromatic rings. The average Bonchev–Trinajstić information content (AvgIpc) is 3.61. The van der Waals surface area contributed by atoms with Crippen LogP contribution in [0.2, 0.25) is 0 Å². The summed E-state index contributed by atoms with van der Waals surface area (Å²) in [6.45, 7) is 2.06. The Morgan fingerprint density at radius 2 is 2.00 bits per heavy atom. The highest BCUT2D eigenvalue weighted by Crippen LogP contribution is 2.29. The fourth-order valence-electron chi connectivity index (χ4n) is 4.09. The van der Waals surface area contributed by atoms with Gasteiger partial charge in [0, 0.05) is 32.4 Å². The number of amides is 2. The van der Waals surface area contributed by atoms with Crippen molar-refractivity contribution in [2.45, 2.75) is 12.6 Å². The first-order valence-electron chi connectivity index (χ1n) is 10.7. The number of aromatic nitrogens is 3. The molecule has 0 N–H and O–H groups in total. The van der Waals surface area contributed by atoms with E-state index in [0.29, 0.717) is 49.0 Å². The van der Waals surface area contributed by atoms with Gasteiger partial charge in [0.2, 0.25) is 0 Å². The van der Waals surface area contributed by atoms with E-state index < -0.39 is 29.7 Å². The van der Waals surface area contributed by atoms with Crippen LogP contribution in [0.25, 0.3) is 0 Å². The van der Waals surface area contributed by atoms with E-state index in [2.05, 4.69) is 10.3 Å². The van der Waals surface area contributed by atoms with Crippen molar-refractivity contribution in [3.8, 4) is 0 Å². The normalized spacial score (nSPS) is 18.3. The topological polar surface area (TPSA) is 101 Å². The van der Waals surface area contributed by atoms with Gasteiger partial charge in [-0.15, -0.1) is 16.4 Å². The fraction of sp³-hybridized carbons (Fsp3) is 0.318. The molecule has 10 nitrogen and oxygen atoms in total. The van der Waals surface area contributed by atoms with Crippen molar-refractivity contribution >= 4 is 40.5 Å². The predicted molar refractivity (Wildman–Crippen MR) is 121 cm³/mol. The number of thiophene rings is 1. The molecule has 5 rings (SSSR count). The van der Waals surface area contributed by atoms with Crippen LogP contribution in [0.3, 0.4) is 0 Å². The van der Waals surface area contributed by atoms with Crippen LogP contribution in [-0.2, 0) is 16.1 Å². The van der Waals surface area contributed by atoms with Crippen LogP contribution in [0.15, 0.2) is 48.1 Å². The van der Waals surface area contributed by atoms with E-state index >= 15 is 4.39 Å². The molecular weight excluding hydrogens is 463 g/mol. The second kappa shape index (κ2) is 9.21. The summed E-state index contributed by atoms with van der Waals surface area (Å²) in [7, 11) is 0. The Labute approximate surface area is 198 Å². The average molecular weight is 485 g/mol. The van der Waals surface area contributed by atoms with Crippen molar-refractivity contribution in [3.63, 3.8) is 0 Å². The van der Waals surface area contributed by atoms with Crippen molar-refractivity contribution < 1.29 is 23.5 Å². The molecule has 1 atom stereocenters. The zero-order chi connectivity index (χ0) is 23.7. The highest BCUT2D eigenvalue weighted by Gasteiger charge is 2.34. The molecule has 1 aromatic carbocycles. The van der Waals surface area contributed by atoms with Gasteiger partial charge in [0.1, 0.15) is 11.9 Å². The summed E-state index contributed by atoms with van der Waals surface area (Å²) in [6, 6.07) is 7.97. The molecule has 0 radical (unpaired) electrons. The molecule has 0 saturated carbocycles. The number of halogens is 1. The Morgan fingerprint density at radius 1 is 1.18 bits per heavy atom. The molecule has 34 heavy (non-hydrogen) atoms. The summed E-state index contributed by atoms with van der Waals surface area (Å²) >= 11 is 1.23. The van der Waals surface area contributed by atoms with Crippen molar-refractivity contribution in [2.24, 2.45) is 0 Å². The SMILES string of the molecule is O=C(C(=O)N1CCN(c2ccc(N3C[C@H](Cn4ccnn4)OC3=O)cc2F)CC1)c1cccs1. The molecule has 12 heteroatoms. The Kier molecular flexibility index (Phi) is 5.97. The third kappa shape index (κ3) is 4.36. The Balaban J connectivity index is 1.20. The molecule has 2 aliphatic heterocycles. The molecule has 0 unspecified atom stereocenters. The van der Waals surface area contributed by atoms with E-state index in [1.807, 2.05) is 4.90 Å².